The minimum Gasteiger partial charge on any atom is -0.497 e. The number of nitrogens with one attached hydrogen (secondary N) is 2. The molecular weight excluding hydrogens is 408 g/mol. The maximum absolute atomic E-state index is 12.4. The minimum absolute atomic E-state index is 0.0164. The fraction of sp³-hybridized carbons (Fsp3) is 0.333. The number of benzene rings is 2. The average molecular weight is 432 g/mol. The van der Waals surface area contributed by atoms with Crippen molar-refractivity contribution in [3.8, 4) is 5.75 Å². The van der Waals surface area contributed by atoms with Crippen LogP contribution in [0.1, 0.15) is 24.5 Å². The summed E-state index contributed by atoms with van der Waals surface area (Å²) in [5.74, 6) is -0.835. The van der Waals surface area contributed by atoms with Gasteiger partial charge in [-0.05, 0) is 73.7 Å². The van der Waals surface area contributed by atoms with Crippen LogP contribution in [0.5, 0.6) is 5.75 Å². The molecule has 1 amide bonds. The van der Waals surface area contributed by atoms with E-state index in [9.17, 15) is 18.0 Å². The Bertz CT molecular complexity index is 1030. The summed E-state index contributed by atoms with van der Waals surface area (Å²) in [6.07, 6.45) is 3.14. The van der Waals surface area contributed by atoms with Crippen molar-refractivity contribution in [2.45, 2.75) is 37.1 Å². The van der Waals surface area contributed by atoms with Gasteiger partial charge in [-0.1, -0.05) is 6.07 Å². The van der Waals surface area contributed by atoms with Gasteiger partial charge in [-0.2, -0.15) is 4.72 Å². The van der Waals surface area contributed by atoms with Crippen LogP contribution in [0.3, 0.4) is 0 Å². The molecular formula is C21H24N2O6S. The Kier molecular flexibility index (Phi) is 6.73. The Hall–Kier alpha value is -2.91. The molecule has 8 nitrogen and oxygen atoms in total. The first kappa shape index (κ1) is 21.8. The zero-order valence-electron chi connectivity index (χ0n) is 16.8. The third-order valence-corrected chi connectivity index (χ3v) is 6.34. The molecule has 2 aromatic carbocycles. The molecule has 0 heterocycles. The van der Waals surface area contributed by atoms with Gasteiger partial charge in [0.2, 0.25) is 10.0 Å². The van der Waals surface area contributed by atoms with E-state index >= 15 is 0 Å². The van der Waals surface area contributed by atoms with Gasteiger partial charge >= 0.3 is 5.97 Å². The van der Waals surface area contributed by atoms with Crippen LogP contribution in [0.25, 0.3) is 0 Å². The number of aryl methyl sites for hydroxylation is 2. The predicted octanol–water partition coefficient (Wildman–Crippen LogP) is 2.03. The molecule has 0 saturated heterocycles. The summed E-state index contributed by atoms with van der Waals surface area (Å²) in [4.78, 5) is 24.2. The van der Waals surface area contributed by atoms with Crippen molar-refractivity contribution >= 4 is 27.6 Å². The highest BCUT2D eigenvalue weighted by Gasteiger charge is 2.24. The number of ether oxygens (including phenoxy) is 2. The average Bonchev–Trinajstić information content (AvgIpc) is 3.19. The number of esters is 1. The van der Waals surface area contributed by atoms with E-state index in [1.807, 2.05) is 18.2 Å². The highest BCUT2D eigenvalue weighted by atomic mass is 32.2. The number of fused-ring (bicyclic) bond motifs is 1. The zero-order valence-corrected chi connectivity index (χ0v) is 17.6. The van der Waals surface area contributed by atoms with Crippen LogP contribution in [0.2, 0.25) is 0 Å². The first-order valence-corrected chi connectivity index (χ1v) is 11.0. The lowest BCUT2D eigenvalue weighted by Gasteiger charge is -2.14. The summed E-state index contributed by atoms with van der Waals surface area (Å²) < 4.78 is 36.9. The highest BCUT2D eigenvalue weighted by molar-refractivity contribution is 7.89. The fourth-order valence-corrected chi connectivity index (χ4v) is 4.40. The maximum atomic E-state index is 12.4. The Morgan fingerprint density at radius 3 is 2.47 bits per heavy atom. The summed E-state index contributed by atoms with van der Waals surface area (Å²) in [7, 11) is -2.46. The number of carbonyl (C=O) groups is 2. The van der Waals surface area contributed by atoms with Gasteiger partial charge in [0.1, 0.15) is 11.8 Å². The Balaban J connectivity index is 1.50. The molecule has 1 atom stereocenters. The Morgan fingerprint density at radius 2 is 1.77 bits per heavy atom. The smallest absolute Gasteiger partial charge is 0.324 e. The van der Waals surface area contributed by atoms with Gasteiger partial charge in [-0.15, -0.1) is 0 Å². The van der Waals surface area contributed by atoms with Gasteiger partial charge in [0.25, 0.3) is 5.91 Å². The van der Waals surface area contributed by atoms with Gasteiger partial charge in [0, 0.05) is 5.69 Å². The minimum atomic E-state index is -3.93. The molecule has 1 aliphatic rings. The van der Waals surface area contributed by atoms with Crippen LogP contribution in [0, 0.1) is 0 Å². The molecule has 0 spiro atoms. The molecule has 0 fully saturated rings. The second kappa shape index (κ2) is 9.27. The molecule has 9 heteroatoms. The van der Waals surface area contributed by atoms with E-state index in [1.165, 1.54) is 49.4 Å². The Morgan fingerprint density at radius 1 is 1.07 bits per heavy atom. The van der Waals surface area contributed by atoms with Crippen LogP contribution in [0.4, 0.5) is 5.69 Å². The van der Waals surface area contributed by atoms with Crippen LogP contribution in [-0.4, -0.2) is 40.1 Å². The van der Waals surface area contributed by atoms with E-state index in [4.69, 9.17) is 9.47 Å². The molecule has 160 valence electrons. The number of amides is 1. The van der Waals surface area contributed by atoms with Crippen molar-refractivity contribution < 1.29 is 27.5 Å². The van der Waals surface area contributed by atoms with Crippen molar-refractivity contribution in [3.63, 3.8) is 0 Å². The van der Waals surface area contributed by atoms with Gasteiger partial charge in [0.05, 0.1) is 12.0 Å². The van der Waals surface area contributed by atoms with Crippen LogP contribution in [-0.2, 0) is 37.2 Å². The summed E-state index contributed by atoms with van der Waals surface area (Å²) in [6, 6.07) is 10.3. The fourth-order valence-electron chi connectivity index (χ4n) is 3.21. The zero-order chi connectivity index (χ0) is 21.7. The van der Waals surface area contributed by atoms with Crippen molar-refractivity contribution in [1.82, 2.24) is 4.72 Å². The third kappa shape index (κ3) is 5.37. The lowest BCUT2D eigenvalue weighted by Crippen LogP contribution is -2.40. The second-order valence-electron chi connectivity index (χ2n) is 7.01. The molecule has 0 aromatic heterocycles. The molecule has 0 aliphatic heterocycles. The molecule has 0 unspecified atom stereocenters. The van der Waals surface area contributed by atoms with E-state index in [0.717, 1.165) is 19.3 Å². The number of anilines is 1. The van der Waals surface area contributed by atoms with Crippen LogP contribution in [0.15, 0.2) is 47.4 Å². The molecule has 0 saturated carbocycles. The molecule has 2 N–H and O–H groups in total. The lowest BCUT2D eigenvalue weighted by molar-refractivity contribution is -0.148. The number of hydrogen-bond acceptors (Lipinski definition) is 6. The lowest BCUT2D eigenvalue weighted by atomic mass is 10.1. The van der Waals surface area contributed by atoms with Crippen molar-refractivity contribution in [2.24, 2.45) is 0 Å². The SMILES string of the molecule is COc1ccc(S(=O)(=O)N[C@H](C)C(=O)OCC(=O)Nc2ccc3c(c2)CCC3)cc1. The molecule has 2 aromatic rings. The second-order valence-corrected chi connectivity index (χ2v) is 8.73. The number of carbonyl (C=O) groups excluding carboxylic acids is 2. The summed E-state index contributed by atoms with van der Waals surface area (Å²) in [5.41, 5.74) is 3.15. The van der Waals surface area contributed by atoms with E-state index in [0.29, 0.717) is 11.4 Å². The van der Waals surface area contributed by atoms with Crippen LogP contribution >= 0.6 is 0 Å². The van der Waals surface area contributed by atoms with Gasteiger partial charge in [-0.3, -0.25) is 9.59 Å². The molecule has 0 radical (unpaired) electrons. The monoisotopic (exact) mass is 432 g/mol. The summed E-state index contributed by atoms with van der Waals surface area (Å²) >= 11 is 0. The van der Waals surface area contributed by atoms with Crippen LogP contribution < -0.4 is 14.8 Å². The first-order chi connectivity index (χ1) is 14.3. The standard InChI is InChI=1S/C21H24N2O6S/c1-14(23-30(26,27)19-10-8-18(28-2)9-11-19)21(25)29-13-20(24)22-17-7-6-15-4-3-5-16(15)12-17/h6-12,14,23H,3-5,13H2,1-2H3,(H,22,24)/t14-/m1/s1. The topological polar surface area (TPSA) is 111 Å². The number of hydrogen-bond donors (Lipinski definition) is 2. The predicted molar refractivity (Wildman–Crippen MR) is 111 cm³/mol. The third-order valence-electron chi connectivity index (χ3n) is 4.78. The van der Waals surface area contributed by atoms with E-state index in [1.54, 1.807) is 0 Å². The van der Waals surface area contributed by atoms with E-state index in [2.05, 4.69) is 10.0 Å². The molecule has 30 heavy (non-hydrogen) atoms. The van der Waals surface area contributed by atoms with Crippen molar-refractivity contribution in [2.75, 3.05) is 19.0 Å². The normalized spacial score (nSPS) is 13.9. The largest absolute Gasteiger partial charge is 0.497 e. The number of methoxy groups -OCH3 is 1. The number of sulfonamides is 1. The van der Waals surface area contributed by atoms with E-state index < -0.39 is 34.5 Å². The van der Waals surface area contributed by atoms with Gasteiger partial charge in [-0.25, -0.2) is 8.42 Å². The summed E-state index contributed by atoms with van der Waals surface area (Å²) in [5, 5.41) is 2.68. The van der Waals surface area contributed by atoms with Crippen molar-refractivity contribution in [1.29, 1.82) is 0 Å². The van der Waals surface area contributed by atoms with Crippen molar-refractivity contribution in [3.05, 3.63) is 53.6 Å². The maximum Gasteiger partial charge on any atom is 0.324 e. The first-order valence-electron chi connectivity index (χ1n) is 9.53. The Labute approximate surface area is 175 Å². The molecule has 0 bridgehead atoms. The summed E-state index contributed by atoms with van der Waals surface area (Å²) in [6.45, 7) is 0.840. The van der Waals surface area contributed by atoms with E-state index in [-0.39, 0.29) is 4.90 Å². The quantitative estimate of drug-likeness (QED) is 0.618. The van der Waals surface area contributed by atoms with Gasteiger partial charge < -0.3 is 14.8 Å². The number of rotatable bonds is 8. The highest BCUT2D eigenvalue weighted by Crippen LogP contribution is 2.24. The molecule has 1 aliphatic carbocycles. The molecule has 3 rings (SSSR count). The van der Waals surface area contributed by atoms with Gasteiger partial charge in [0.15, 0.2) is 6.61 Å².